The van der Waals surface area contributed by atoms with Crippen LogP contribution in [0.3, 0.4) is 0 Å². The largest absolute Gasteiger partial charge is 0.477 e. The number of aromatic carboxylic acids is 1. The molecule has 0 aromatic carbocycles. The quantitative estimate of drug-likeness (QED) is 0.918. The number of aromatic nitrogens is 2. The molecule has 19 heavy (non-hydrogen) atoms. The Morgan fingerprint density at radius 1 is 1.47 bits per heavy atom. The van der Waals surface area contributed by atoms with Gasteiger partial charge in [0.25, 0.3) is 0 Å². The number of alkyl halides is 3. The Morgan fingerprint density at radius 2 is 2.00 bits per heavy atom. The molecule has 0 atom stereocenters. The van der Waals surface area contributed by atoms with Gasteiger partial charge in [-0.15, -0.1) is 0 Å². The molecule has 0 saturated heterocycles. The second kappa shape index (κ2) is 5.10. The van der Waals surface area contributed by atoms with Crippen LogP contribution in [0.15, 0.2) is 0 Å². The van der Waals surface area contributed by atoms with E-state index in [0.29, 0.717) is 0 Å². The summed E-state index contributed by atoms with van der Waals surface area (Å²) >= 11 is 0. The first kappa shape index (κ1) is 15.3. The normalized spacial score (nSPS) is 12.0. The molecular formula is C11H16F3N3O2. The molecule has 0 aliphatic carbocycles. The third kappa shape index (κ3) is 3.39. The number of halogens is 3. The number of carboxylic acid groups (broad SMARTS) is 1. The van der Waals surface area contributed by atoms with E-state index in [-0.39, 0.29) is 17.1 Å². The smallest absolute Gasteiger partial charge is 0.405 e. The first-order valence-electron chi connectivity index (χ1n) is 5.65. The molecule has 1 heterocycles. The van der Waals surface area contributed by atoms with Crippen LogP contribution in [0.5, 0.6) is 0 Å². The van der Waals surface area contributed by atoms with Crippen LogP contribution in [0, 0.1) is 6.92 Å². The minimum absolute atomic E-state index is 0.0303. The van der Waals surface area contributed by atoms with E-state index < -0.39 is 24.7 Å². The summed E-state index contributed by atoms with van der Waals surface area (Å²) in [5.74, 6) is -1.31. The number of carbonyl (C=O) groups is 1. The number of anilines is 1. The van der Waals surface area contributed by atoms with E-state index in [9.17, 15) is 18.0 Å². The molecule has 1 N–H and O–H groups in total. The Kier molecular flexibility index (Phi) is 4.12. The van der Waals surface area contributed by atoms with Crippen molar-refractivity contribution < 1.29 is 23.1 Å². The number of rotatable bonds is 4. The topological polar surface area (TPSA) is 58.4 Å². The van der Waals surface area contributed by atoms with Crippen LogP contribution in [0.1, 0.15) is 29.9 Å². The lowest BCUT2D eigenvalue weighted by molar-refractivity contribution is -0.120. The number of aryl methyl sites for hydroxylation is 2. The lowest BCUT2D eigenvalue weighted by atomic mass is 10.2. The first-order chi connectivity index (χ1) is 8.54. The van der Waals surface area contributed by atoms with Crippen LogP contribution in [-0.4, -0.2) is 39.6 Å². The van der Waals surface area contributed by atoms with Crippen molar-refractivity contribution in [2.75, 3.05) is 11.4 Å². The lowest BCUT2D eigenvalue weighted by Crippen LogP contribution is -2.41. The molecule has 0 spiro atoms. The zero-order valence-electron chi connectivity index (χ0n) is 11.1. The first-order valence-corrected chi connectivity index (χ1v) is 5.65. The van der Waals surface area contributed by atoms with Crippen molar-refractivity contribution in [2.45, 2.75) is 33.0 Å². The molecule has 0 unspecified atom stereocenters. The van der Waals surface area contributed by atoms with Crippen molar-refractivity contribution in [2.24, 2.45) is 7.05 Å². The van der Waals surface area contributed by atoms with Crippen molar-refractivity contribution in [3.8, 4) is 0 Å². The predicted octanol–water partition coefficient (Wildman–Crippen LogP) is 2.20. The SMILES string of the molecule is Cc1nn(C)c(N(CC(F)(F)F)C(C)C)c1C(=O)O. The minimum atomic E-state index is -4.42. The number of carboxylic acids is 1. The van der Waals surface area contributed by atoms with Gasteiger partial charge in [0, 0.05) is 13.1 Å². The van der Waals surface area contributed by atoms with Crippen LogP contribution in [0.25, 0.3) is 0 Å². The molecule has 0 fully saturated rings. The molecule has 1 aromatic heterocycles. The van der Waals surface area contributed by atoms with Gasteiger partial charge in [0.1, 0.15) is 17.9 Å². The minimum Gasteiger partial charge on any atom is -0.477 e. The molecule has 1 rings (SSSR count). The highest BCUT2D eigenvalue weighted by atomic mass is 19.4. The van der Waals surface area contributed by atoms with Crippen molar-refractivity contribution in [3.63, 3.8) is 0 Å². The molecular weight excluding hydrogens is 263 g/mol. The Bertz CT molecular complexity index is 480. The third-order valence-electron chi connectivity index (χ3n) is 2.65. The van der Waals surface area contributed by atoms with E-state index in [4.69, 9.17) is 5.11 Å². The number of hydrogen-bond acceptors (Lipinski definition) is 3. The molecule has 0 amide bonds. The predicted molar refractivity (Wildman–Crippen MR) is 63.4 cm³/mol. The summed E-state index contributed by atoms with van der Waals surface area (Å²) in [6, 6.07) is -0.505. The Morgan fingerprint density at radius 3 is 2.37 bits per heavy atom. The summed E-state index contributed by atoms with van der Waals surface area (Å²) < 4.78 is 39.0. The van der Waals surface area contributed by atoms with E-state index in [1.54, 1.807) is 13.8 Å². The fourth-order valence-corrected chi connectivity index (χ4v) is 1.92. The fourth-order valence-electron chi connectivity index (χ4n) is 1.92. The molecule has 108 valence electrons. The summed E-state index contributed by atoms with van der Waals surface area (Å²) in [5, 5.41) is 13.0. The Labute approximate surface area is 108 Å². The van der Waals surface area contributed by atoms with Gasteiger partial charge in [-0.05, 0) is 20.8 Å². The van der Waals surface area contributed by atoms with Crippen molar-refractivity contribution in [3.05, 3.63) is 11.3 Å². The molecule has 1 aromatic rings. The van der Waals surface area contributed by atoms with Crippen molar-refractivity contribution in [1.29, 1.82) is 0 Å². The van der Waals surface area contributed by atoms with Gasteiger partial charge in [-0.25, -0.2) is 4.79 Å². The van der Waals surface area contributed by atoms with Gasteiger partial charge in [0.2, 0.25) is 0 Å². The summed E-state index contributed by atoms with van der Waals surface area (Å²) in [4.78, 5) is 12.2. The van der Waals surface area contributed by atoms with Gasteiger partial charge >= 0.3 is 12.1 Å². The summed E-state index contributed by atoms with van der Waals surface area (Å²) in [7, 11) is 1.43. The van der Waals surface area contributed by atoms with Gasteiger partial charge in [-0.1, -0.05) is 0 Å². The molecule has 0 saturated carbocycles. The van der Waals surface area contributed by atoms with Gasteiger partial charge in [0.15, 0.2) is 0 Å². The molecule has 0 aliphatic rings. The van der Waals surface area contributed by atoms with Gasteiger partial charge in [0.05, 0.1) is 5.69 Å². The average molecular weight is 279 g/mol. The molecule has 0 bridgehead atoms. The Hall–Kier alpha value is -1.73. The third-order valence-corrected chi connectivity index (χ3v) is 2.65. The van der Waals surface area contributed by atoms with E-state index >= 15 is 0 Å². The monoisotopic (exact) mass is 279 g/mol. The summed E-state index contributed by atoms with van der Waals surface area (Å²) in [5.41, 5.74) is -0.00160. The van der Waals surface area contributed by atoms with Crippen LogP contribution in [0.4, 0.5) is 19.0 Å². The highest BCUT2D eigenvalue weighted by Crippen LogP contribution is 2.28. The summed E-state index contributed by atoms with van der Waals surface area (Å²) in [6.07, 6.45) is -4.42. The van der Waals surface area contributed by atoms with E-state index in [0.717, 1.165) is 4.90 Å². The lowest BCUT2D eigenvalue weighted by Gasteiger charge is -2.30. The van der Waals surface area contributed by atoms with Crippen molar-refractivity contribution >= 4 is 11.8 Å². The molecule has 8 heteroatoms. The molecule has 0 aliphatic heterocycles. The van der Waals surface area contributed by atoms with Gasteiger partial charge in [-0.2, -0.15) is 18.3 Å². The summed E-state index contributed by atoms with van der Waals surface area (Å²) in [6.45, 7) is 3.38. The standard InChI is InChI=1S/C11H16F3N3O2/c1-6(2)17(5-11(12,13)14)9-8(10(18)19)7(3)15-16(9)4/h6H,5H2,1-4H3,(H,18,19). The zero-order valence-corrected chi connectivity index (χ0v) is 11.1. The van der Waals surface area contributed by atoms with E-state index in [1.807, 2.05) is 0 Å². The highest BCUT2D eigenvalue weighted by molar-refractivity contribution is 5.95. The second-order valence-electron chi connectivity index (χ2n) is 4.55. The maximum Gasteiger partial charge on any atom is 0.405 e. The number of nitrogens with zero attached hydrogens (tertiary/aromatic N) is 3. The van der Waals surface area contributed by atoms with Crippen LogP contribution >= 0.6 is 0 Å². The molecule has 0 radical (unpaired) electrons. The van der Waals surface area contributed by atoms with Crippen LogP contribution in [-0.2, 0) is 7.05 Å². The maximum absolute atomic E-state index is 12.6. The molecule has 5 nitrogen and oxygen atoms in total. The maximum atomic E-state index is 12.6. The number of hydrogen-bond donors (Lipinski definition) is 1. The van der Waals surface area contributed by atoms with E-state index in [2.05, 4.69) is 5.10 Å². The van der Waals surface area contributed by atoms with Gasteiger partial charge in [-0.3, -0.25) is 4.68 Å². The Balaban J connectivity index is 3.35. The van der Waals surface area contributed by atoms with Gasteiger partial charge < -0.3 is 10.0 Å². The highest BCUT2D eigenvalue weighted by Gasteiger charge is 2.35. The zero-order chi connectivity index (χ0) is 15.0. The fraction of sp³-hybridized carbons (Fsp3) is 0.636. The second-order valence-corrected chi connectivity index (χ2v) is 4.55. The van der Waals surface area contributed by atoms with Crippen molar-refractivity contribution in [1.82, 2.24) is 9.78 Å². The van der Waals surface area contributed by atoms with E-state index in [1.165, 1.54) is 18.7 Å². The average Bonchev–Trinajstić information content (AvgIpc) is 2.48. The van der Waals surface area contributed by atoms with Crippen LogP contribution in [0.2, 0.25) is 0 Å². The van der Waals surface area contributed by atoms with Crippen LogP contribution < -0.4 is 4.90 Å².